The quantitative estimate of drug-likeness (QED) is 0.406. The minimum absolute atomic E-state index is 0.252. The molecule has 1 aliphatic heterocycles. The Bertz CT molecular complexity index is 638. The predicted molar refractivity (Wildman–Crippen MR) is 70.4 cm³/mol. The first-order valence-corrected chi connectivity index (χ1v) is 6.34. The number of esters is 1. The Hall–Kier alpha value is -2.08. The summed E-state index contributed by atoms with van der Waals surface area (Å²) in [7, 11) is 0. The van der Waals surface area contributed by atoms with E-state index in [2.05, 4.69) is 12.6 Å². The fraction of sp³-hybridized carbons (Fsp3) is 0.375. The van der Waals surface area contributed by atoms with Crippen molar-refractivity contribution in [1.82, 2.24) is 0 Å². The highest BCUT2D eigenvalue weighted by molar-refractivity contribution is 5.93. The molecule has 0 saturated heterocycles. The maximum atomic E-state index is 12.5. The molecule has 1 aromatic carbocycles. The van der Waals surface area contributed by atoms with E-state index in [1.54, 1.807) is 6.07 Å². The second kappa shape index (κ2) is 3.48. The summed E-state index contributed by atoms with van der Waals surface area (Å²) in [6, 6.07) is 9.79. The van der Waals surface area contributed by atoms with Crippen LogP contribution >= 0.6 is 0 Å². The number of benzene rings is 1. The van der Waals surface area contributed by atoms with Gasteiger partial charge in [0.05, 0.1) is 12.0 Å². The number of fused-ring (bicyclic) bond motifs is 2. The maximum absolute atomic E-state index is 12.5. The lowest BCUT2D eigenvalue weighted by Crippen LogP contribution is -2.45. The largest absolute Gasteiger partial charge is 0.426 e. The Morgan fingerprint density at radius 3 is 2.74 bits per heavy atom. The third-order valence-corrected chi connectivity index (χ3v) is 4.75. The Morgan fingerprint density at radius 2 is 2.11 bits per heavy atom. The molecule has 1 heterocycles. The SMILES string of the molecule is C=C1C[C@]2(C(=O)Oc3ccccc32)C(C)(C)[C@@H]1C#N. The summed E-state index contributed by atoms with van der Waals surface area (Å²) in [5.74, 6) is 0.0378. The van der Waals surface area contributed by atoms with Crippen LogP contribution in [0.4, 0.5) is 0 Å². The molecule has 1 spiro atoms. The van der Waals surface area contributed by atoms with E-state index < -0.39 is 10.8 Å². The molecule has 1 aromatic rings. The third kappa shape index (κ3) is 1.19. The molecule has 2 aliphatic rings. The number of hydrogen-bond donors (Lipinski definition) is 0. The number of carbonyl (C=O) groups is 1. The van der Waals surface area contributed by atoms with Crippen molar-refractivity contribution in [2.45, 2.75) is 25.7 Å². The molecule has 1 saturated carbocycles. The second-order valence-electron chi connectivity index (χ2n) is 5.91. The lowest BCUT2D eigenvalue weighted by atomic mass is 9.62. The Kier molecular flexibility index (Phi) is 2.19. The number of para-hydroxylation sites is 1. The van der Waals surface area contributed by atoms with Gasteiger partial charge in [0.25, 0.3) is 0 Å². The highest BCUT2D eigenvalue weighted by Crippen LogP contribution is 2.63. The number of allylic oxidation sites excluding steroid dienone is 1. The summed E-state index contributed by atoms with van der Waals surface area (Å²) in [4.78, 5) is 12.5. The zero-order valence-electron chi connectivity index (χ0n) is 11.1. The molecular weight excluding hydrogens is 238 g/mol. The van der Waals surface area contributed by atoms with E-state index in [1.165, 1.54) is 0 Å². The van der Waals surface area contributed by atoms with Crippen molar-refractivity contribution in [3.05, 3.63) is 42.0 Å². The van der Waals surface area contributed by atoms with E-state index in [0.717, 1.165) is 11.1 Å². The second-order valence-corrected chi connectivity index (χ2v) is 5.91. The van der Waals surface area contributed by atoms with Crippen LogP contribution in [0.2, 0.25) is 0 Å². The smallest absolute Gasteiger partial charge is 0.323 e. The van der Waals surface area contributed by atoms with Crippen LogP contribution in [0.3, 0.4) is 0 Å². The summed E-state index contributed by atoms with van der Waals surface area (Å²) < 4.78 is 5.43. The van der Waals surface area contributed by atoms with Crippen molar-refractivity contribution in [3.63, 3.8) is 0 Å². The van der Waals surface area contributed by atoms with Gasteiger partial charge in [-0.05, 0) is 12.5 Å². The number of rotatable bonds is 0. The van der Waals surface area contributed by atoms with Crippen molar-refractivity contribution in [2.24, 2.45) is 11.3 Å². The standard InChI is InChI=1S/C16H15NO2/c1-10-8-16(15(2,3)12(10)9-17)11-6-4-5-7-13(11)19-14(16)18/h4-7,12H,1,8H2,2-3H3/t12-,16+/m1/s1. The van der Waals surface area contributed by atoms with Crippen molar-refractivity contribution in [2.75, 3.05) is 0 Å². The number of hydrogen-bond acceptors (Lipinski definition) is 3. The maximum Gasteiger partial charge on any atom is 0.323 e. The molecule has 0 aromatic heterocycles. The molecular formula is C16H15NO2. The Balaban J connectivity index is 2.28. The zero-order valence-corrected chi connectivity index (χ0v) is 11.1. The zero-order chi connectivity index (χ0) is 13.8. The summed E-state index contributed by atoms with van der Waals surface area (Å²) in [5.41, 5.74) is 0.439. The molecule has 19 heavy (non-hydrogen) atoms. The average molecular weight is 253 g/mol. The molecule has 0 amide bonds. The molecule has 3 rings (SSSR count). The molecule has 0 radical (unpaired) electrons. The third-order valence-electron chi connectivity index (χ3n) is 4.75. The molecule has 96 valence electrons. The van der Waals surface area contributed by atoms with Gasteiger partial charge < -0.3 is 4.74 Å². The molecule has 0 N–H and O–H groups in total. The topological polar surface area (TPSA) is 50.1 Å². The van der Waals surface area contributed by atoms with E-state index >= 15 is 0 Å². The van der Waals surface area contributed by atoms with Gasteiger partial charge in [-0.25, -0.2) is 0 Å². The Labute approximate surface area is 112 Å². The first-order valence-electron chi connectivity index (χ1n) is 6.34. The van der Waals surface area contributed by atoms with Crippen LogP contribution in [0, 0.1) is 22.7 Å². The van der Waals surface area contributed by atoms with Crippen molar-refractivity contribution in [1.29, 1.82) is 5.26 Å². The van der Waals surface area contributed by atoms with Gasteiger partial charge in [0.2, 0.25) is 0 Å². The average Bonchev–Trinajstić information content (AvgIpc) is 2.74. The fourth-order valence-electron chi connectivity index (χ4n) is 3.66. The molecule has 0 bridgehead atoms. The van der Waals surface area contributed by atoms with E-state index in [9.17, 15) is 10.1 Å². The van der Waals surface area contributed by atoms with Crippen molar-refractivity contribution >= 4 is 5.97 Å². The van der Waals surface area contributed by atoms with Crippen LogP contribution in [-0.4, -0.2) is 5.97 Å². The number of nitrogens with zero attached hydrogens (tertiary/aromatic N) is 1. The van der Waals surface area contributed by atoms with Crippen LogP contribution in [0.15, 0.2) is 36.4 Å². The number of ether oxygens (including phenoxy) is 1. The molecule has 0 unspecified atom stereocenters. The predicted octanol–water partition coefficient (Wildman–Crippen LogP) is 2.97. The number of carbonyl (C=O) groups excluding carboxylic acids is 1. The van der Waals surface area contributed by atoms with E-state index in [4.69, 9.17) is 4.74 Å². The van der Waals surface area contributed by atoms with Crippen LogP contribution in [-0.2, 0) is 10.2 Å². The van der Waals surface area contributed by atoms with Gasteiger partial charge in [-0.15, -0.1) is 0 Å². The monoisotopic (exact) mass is 253 g/mol. The summed E-state index contributed by atoms with van der Waals surface area (Å²) >= 11 is 0. The lowest BCUT2D eigenvalue weighted by molar-refractivity contribution is -0.141. The molecule has 1 aliphatic carbocycles. The van der Waals surface area contributed by atoms with Crippen LogP contribution in [0.1, 0.15) is 25.8 Å². The van der Waals surface area contributed by atoms with Gasteiger partial charge in [-0.2, -0.15) is 5.26 Å². The molecule has 2 atom stereocenters. The highest BCUT2D eigenvalue weighted by atomic mass is 16.5. The van der Waals surface area contributed by atoms with Crippen molar-refractivity contribution < 1.29 is 9.53 Å². The summed E-state index contributed by atoms with van der Waals surface area (Å²) in [6.45, 7) is 7.92. The van der Waals surface area contributed by atoms with Gasteiger partial charge in [0.15, 0.2) is 0 Å². The lowest BCUT2D eigenvalue weighted by Gasteiger charge is -2.36. The molecule has 1 fully saturated rings. The molecule has 3 nitrogen and oxygen atoms in total. The van der Waals surface area contributed by atoms with Gasteiger partial charge in [-0.3, -0.25) is 4.79 Å². The van der Waals surface area contributed by atoms with Gasteiger partial charge in [0.1, 0.15) is 11.2 Å². The summed E-state index contributed by atoms with van der Waals surface area (Å²) in [5, 5.41) is 9.39. The van der Waals surface area contributed by atoms with Gasteiger partial charge in [0, 0.05) is 11.0 Å². The normalized spacial score (nSPS) is 31.1. The minimum Gasteiger partial charge on any atom is -0.426 e. The molecule has 3 heteroatoms. The van der Waals surface area contributed by atoms with Gasteiger partial charge >= 0.3 is 5.97 Å². The van der Waals surface area contributed by atoms with Gasteiger partial charge in [-0.1, -0.05) is 44.2 Å². The fourth-order valence-corrected chi connectivity index (χ4v) is 3.66. The van der Waals surface area contributed by atoms with E-state index in [1.807, 2.05) is 32.0 Å². The highest BCUT2D eigenvalue weighted by Gasteiger charge is 2.65. The Morgan fingerprint density at radius 1 is 1.42 bits per heavy atom. The first kappa shape index (κ1) is 12.0. The first-order chi connectivity index (χ1) is 8.95. The van der Waals surface area contributed by atoms with E-state index in [-0.39, 0.29) is 11.9 Å². The van der Waals surface area contributed by atoms with E-state index in [0.29, 0.717) is 12.2 Å². The van der Waals surface area contributed by atoms with Crippen molar-refractivity contribution in [3.8, 4) is 11.8 Å². The van der Waals surface area contributed by atoms with Crippen LogP contribution in [0.25, 0.3) is 0 Å². The van der Waals surface area contributed by atoms with Crippen LogP contribution < -0.4 is 4.74 Å². The number of nitriles is 1. The summed E-state index contributed by atoms with van der Waals surface area (Å²) in [6.07, 6.45) is 0.494. The minimum atomic E-state index is -0.763. The van der Waals surface area contributed by atoms with Crippen LogP contribution in [0.5, 0.6) is 5.75 Å².